The van der Waals surface area contributed by atoms with Gasteiger partial charge in [0.05, 0.1) is 6.33 Å². The molecule has 0 bridgehead atoms. The maximum absolute atomic E-state index is 12.0. The van der Waals surface area contributed by atoms with Crippen molar-refractivity contribution in [3.05, 3.63) is 42.6 Å². The van der Waals surface area contributed by atoms with Crippen LogP contribution in [-0.2, 0) is 23.1 Å². The maximum atomic E-state index is 12.0. The van der Waals surface area contributed by atoms with Crippen molar-refractivity contribution in [3.63, 3.8) is 0 Å². The van der Waals surface area contributed by atoms with Crippen molar-refractivity contribution < 1.29 is 8.42 Å². The van der Waals surface area contributed by atoms with E-state index in [0.29, 0.717) is 13.1 Å². The molecular formula is C13H19N5O2S. The second-order valence-corrected chi connectivity index (χ2v) is 6.33. The lowest BCUT2D eigenvalue weighted by Crippen LogP contribution is -2.25. The molecule has 0 radical (unpaired) electrons. The minimum atomic E-state index is -3.54. The molecule has 8 heteroatoms. The van der Waals surface area contributed by atoms with E-state index in [0.717, 1.165) is 24.9 Å². The Bertz CT molecular complexity index is 638. The van der Waals surface area contributed by atoms with Gasteiger partial charge in [0, 0.05) is 38.2 Å². The number of nitrogens with zero attached hydrogens (tertiary/aromatic N) is 3. The number of hydrogen-bond donors (Lipinski definition) is 2. The molecule has 21 heavy (non-hydrogen) atoms. The number of aromatic nitrogens is 3. The zero-order valence-electron chi connectivity index (χ0n) is 11.6. The first-order valence-corrected chi connectivity index (χ1v) is 8.20. The molecule has 0 unspecified atom stereocenters. The molecule has 2 aromatic rings. The monoisotopic (exact) mass is 309 g/mol. The fourth-order valence-electron chi connectivity index (χ4n) is 1.81. The Balaban J connectivity index is 1.78. The molecule has 2 heterocycles. The summed E-state index contributed by atoms with van der Waals surface area (Å²) in [4.78, 5) is 7.87. The van der Waals surface area contributed by atoms with E-state index in [4.69, 9.17) is 5.73 Å². The van der Waals surface area contributed by atoms with E-state index in [1.807, 2.05) is 10.8 Å². The lowest BCUT2D eigenvalue weighted by Gasteiger charge is -2.07. The Morgan fingerprint density at radius 3 is 2.76 bits per heavy atom. The van der Waals surface area contributed by atoms with Gasteiger partial charge >= 0.3 is 0 Å². The lowest BCUT2D eigenvalue weighted by molar-refractivity contribution is 0.563. The van der Waals surface area contributed by atoms with E-state index in [1.165, 1.54) is 12.3 Å². The number of sulfonamides is 1. The summed E-state index contributed by atoms with van der Waals surface area (Å²) in [5.74, 6) is 0. The van der Waals surface area contributed by atoms with Crippen molar-refractivity contribution in [2.24, 2.45) is 5.73 Å². The van der Waals surface area contributed by atoms with E-state index in [2.05, 4.69) is 14.7 Å². The molecule has 0 saturated carbocycles. The third-order valence-corrected chi connectivity index (χ3v) is 4.38. The summed E-state index contributed by atoms with van der Waals surface area (Å²) in [5.41, 5.74) is 6.25. The number of hydrogen-bond acceptors (Lipinski definition) is 5. The van der Waals surface area contributed by atoms with E-state index < -0.39 is 10.0 Å². The van der Waals surface area contributed by atoms with Crippen LogP contribution >= 0.6 is 0 Å². The van der Waals surface area contributed by atoms with Crippen molar-refractivity contribution in [2.75, 3.05) is 6.54 Å². The summed E-state index contributed by atoms with van der Waals surface area (Å²) in [7, 11) is -3.54. The number of imidazole rings is 1. The molecule has 0 aliphatic heterocycles. The number of nitrogens with one attached hydrogen (secondary N) is 1. The average Bonchev–Trinajstić information content (AvgIpc) is 3.00. The molecule has 0 spiro atoms. The second-order valence-electron chi connectivity index (χ2n) is 4.61. The van der Waals surface area contributed by atoms with Gasteiger partial charge < -0.3 is 10.3 Å². The highest BCUT2D eigenvalue weighted by Gasteiger charge is 2.14. The number of aryl methyl sites for hydroxylation is 1. The van der Waals surface area contributed by atoms with Crippen molar-refractivity contribution in [2.45, 2.75) is 31.0 Å². The van der Waals surface area contributed by atoms with Crippen LogP contribution in [0.2, 0.25) is 0 Å². The fraction of sp³-hybridized carbons (Fsp3) is 0.385. The maximum Gasteiger partial charge on any atom is 0.258 e. The van der Waals surface area contributed by atoms with Gasteiger partial charge in [-0.15, -0.1) is 0 Å². The predicted molar refractivity (Wildman–Crippen MR) is 78.8 cm³/mol. The minimum absolute atomic E-state index is 0.0225. The van der Waals surface area contributed by atoms with Crippen molar-refractivity contribution in [1.82, 2.24) is 19.3 Å². The van der Waals surface area contributed by atoms with Crippen LogP contribution in [0.1, 0.15) is 18.4 Å². The molecular weight excluding hydrogens is 290 g/mol. The topological polar surface area (TPSA) is 103 Å². The van der Waals surface area contributed by atoms with E-state index in [-0.39, 0.29) is 5.03 Å². The first kappa shape index (κ1) is 15.6. The Kier molecular flexibility index (Phi) is 5.43. The summed E-state index contributed by atoms with van der Waals surface area (Å²) in [6.07, 6.45) is 8.45. The van der Waals surface area contributed by atoms with Gasteiger partial charge in [-0.05, 0) is 24.5 Å². The zero-order valence-corrected chi connectivity index (χ0v) is 12.5. The lowest BCUT2D eigenvalue weighted by atomic mass is 10.3. The molecule has 0 saturated heterocycles. The van der Waals surface area contributed by atoms with Crippen LogP contribution < -0.4 is 10.5 Å². The normalized spacial score (nSPS) is 11.7. The van der Waals surface area contributed by atoms with Gasteiger partial charge in [0.1, 0.15) is 0 Å². The first-order chi connectivity index (χ1) is 10.1. The smallest absolute Gasteiger partial charge is 0.258 e. The second kappa shape index (κ2) is 7.30. The molecule has 3 N–H and O–H groups in total. The fourth-order valence-corrected chi connectivity index (χ4v) is 2.81. The molecule has 2 aromatic heterocycles. The summed E-state index contributed by atoms with van der Waals surface area (Å²) < 4.78 is 28.5. The van der Waals surface area contributed by atoms with E-state index in [1.54, 1.807) is 18.6 Å². The Hall–Kier alpha value is -1.77. The number of pyridine rings is 1. The van der Waals surface area contributed by atoms with Gasteiger partial charge in [-0.1, -0.05) is 6.07 Å². The number of nitrogens with two attached hydrogens (primary N) is 1. The Labute approximate surface area is 124 Å². The van der Waals surface area contributed by atoms with Crippen LogP contribution in [0, 0.1) is 0 Å². The van der Waals surface area contributed by atoms with Crippen LogP contribution in [0.4, 0.5) is 0 Å². The van der Waals surface area contributed by atoms with Gasteiger partial charge in [0.15, 0.2) is 5.03 Å². The molecule has 0 aliphatic rings. The molecule has 0 aromatic carbocycles. The Morgan fingerprint density at radius 2 is 2.14 bits per heavy atom. The van der Waals surface area contributed by atoms with Crippen LogP contribution in [-0.4, -0.2) is 29.5 Å². The van der Waals surface area contributed by atoms with E-state index in [9.17, 15) is 8.42 Å². The zero-order chi connectivity index (χ0) is 15.1. The standard InChI is InChI=1S/C13H19N5O2S/c14-9-12-3-4-13(16-10-12)21(19,20)17-5-1-2-7-18-8-6-15-11-18/h3-4,6,8,10-11,17H,1-2,5,7,9,14H2. The summed E-state index contributed by atoms with van der Waals surface area (Å²) in [6, 6.07) is 3.14. The van der Waals surface area contributed by atoms with Gasteiger partial charge in [0.25, 0.3) is 10.0 Å². The first-order valence-electron chi connectivity index (χ1n) is 6.72. The quantitative estimate of drug-likeness (QED) is 0.691. The molecule has 0 aliphatic carbocycles. The third-order valence-electron chi connectivity index (χ3n) is 3.00. The highest BCUT2D eigenvalue weighted by atomic mass is 32.2. The van der Waals surface area contributed by atoms with Crippen LogP contribution in [0.15, 0.2) is 42.1 Å². The average molecular weight is 309 g/mol. The number of rotatable bonds is 8. The van der Waals surface area contributed by atoms with Crippen molar-refractivity contribution in [1.29, 1.82) is 0 Å². The molecule has 2 rings (SSSR count). The van der Waals surface area contributed by atoms with Crippen molar-refractivity contribution >= 4 is 10.0 Å². The Morgan fingerprint density at radius 1 is 1.29 bits per heavy atom. The van der Waals surface area contributed by atoms with Gasteiger partial charge in [-0.2, -0.15) is 0 Å². The van der Waals surface area contributed by atoms with Crippen molar-refractivity contribution in [3.8, 4) is 0 Å². The highest BCUT2D eigenvalue weighted by molar-refractivity contribution is 7.89. The van der Waals surface area contributed by atoms with Gasteiger partial charge in [-0.25, -0.2) is 23.1 Å². The minimum Gasteiger partial charge on any atom is -0.337 e. The summed E-state index contributed by atoms with van der Waals surface area (Å²) >= 11 is 0. The highest BCUT2D eigenvalue weighted by Crippen LogP contribution is 2.06. The molecule has 7 nitrogen and oxygen atoms in total. The van der Waals surface area contributed by atoms with Gasteiger partial charge in [-0.3, -0.25) is 0 Å². The van der Waals surface area contributed by atoms with Crippen LogP contribution in [0.3, 0.4) is 0 Å². The molecule has 0 fully saturated rings. The molecule has 114 valence electrons. The van der Waals surface area contributed by atoms with Crippen LogP contribution in [0.5, 0.6) is 0 Å². The van der Waals surface area contributed by atoms with E-state index >= 15 is 0 Å². The molecule has 0 atom stereocenters. The summed E-state index contributed by atoms with van der Waals surface area (Å²) in [5, 5.41) is 0.0225. The molecule has 0 amide bonds. The summed E-state index contributed by atoms with van der Waals surface area (Å²) in [6.45, 7) is 1.55. The number of unbranched alkanes of at least 4 members (excludes halogenated alkanes) is 1. The predicted octanol–water partition coefficient (Wildman–Crippen LogP) is 0.495. The largest absolute Gasteiger partial charge is 0.337 e. The van der Waals surface area contributed by atoms with Gasteiger partial charge in [0.2, 0.25) is 0 Å². The SMILES string of the molecule is NCc1ccc(S(=O)(=O)NCCCCn2ccnc2)nc1. The third kappa shape index (κ3) is 4.62. The van der Waals surface area contributed by atoms with Crippen LogP contribution in [0.25, 0.3) is 0 Å².